The third-order valence-electron chi connectivity index (χ3n) is 2.94. The number of β-amino-alcohol motifs (C(OH)–C–C–N with tert-alkyl or cyclic N) is 2. The quantitative estimate of drug-likeness (QED) is 0.689. The van der Waals surface area contributed by atoms with E-state index in [4.69, 9.17) is 0 Å². The van der Waals surface area contributed by atoms with Crippen LogP contribution < -0.4 is 0 Å². The highest BCUT2D eigenvalue weighted by Gasteiger charge is 2.33. The van der Waals surface area contributed by atoms with Crippen molar-refractivity contribution < 1.29 is 18.6 Å². The Morgan fingerprint density at radius 3 is 2.00 bits per heavy atom. The number of hydrogen-bond donors (Lipinski definition) is 2. The molecule has 5 nitrogen and oxygen atoms in total. The van der Waals surface area contributed by atoms with Crippen molar-refractivity contribution in [3.63, 3.8) is 0 Å². The molecule has 0 aromatic carbocycles. The van der Waals surface area contributed by atoms with Crippen molar-refractivity contribution >= 4 is 9.84 Å². The second kappa shape index (κ2) is 4.60. The molecule has 0 radical (unpaired) electrons. The van der Waals surface area contributed by atoms with E-state index in [2.05, 4.69) is 0 Å². The molecule has 0 amide bonds. The fourth-order valence-corrected chi connectivity index (χ4v) is 2.70. The Hall–Kier alpha value is -0.170. The lowest BCUT2D eigenvalue weighted by Crippen LogP contribution is -2.36. The highest BCUT2D eigenvalue weighted by Crippen LogP contribution is 2.17. The van der Waals surface area contributed by atoms with Gasteiger partial charge in [0, 0.05) is 19.6 Å². The molecule has 2 N–H and O–H groups in total. The standard InChI is InChI=1S/C10H21NO4S/c1-10(2,3)16(14,15)5-4-11-6-8(12)9(13)7-11/h8-9,12-13H,4-7H2,1-3H3. The maximum absolute atomic E-state index is 11.8. The van der Waals surface area contributed by atoms with Gasteiger partial charge in [-0.3, -0.25) is 4.90 Å². The predicted molar refractivity (Wildman–Crippen MR) is 62.0 cm³/mol. The molecule has 96 valence electrons. The summed E-state index contributed by atoms with van der Waals surface area (Å²) in [5.41, 5.74) is 0. The molecule has 1 fully saturated rings. The molecule has 16 heavy (non-hydrogen) atoms. The summed E-state index contributed by atoms with van der Waals surface area (Å²) >= 11 is 0. The number of likely N-dealkylation sites (tertiary alicyclic amines) is 1. The smallest absolute Gasteiger partial charge is 0.156 e. The van der Waals surface area contributed by atoms with E-state index in [1.807, 2.05) is 0 Å². The number of aliphatic hydroxyl groups excluding tert-OH is 2. The molecule has 0 aromatic rings. The van der Waals surface area contributed by atoms with Crippen molar-refractivity contribution in [3.05, 3.63) is 0 Å². The van der Waals surface area contributed by atoms with Crippen LogP contribution in [0.4, 0.5) is 0 Å². The second-order valence-electron chi connectivity index (χ2n) is 5.33. The Bertz CT molecular complexity index is 323. The summed E-state index contributed by atoms with van der Waals surface area (Å²) in [5, 5.41) is 18.6. The molecule has 2 unspecified atom stereocenters. The summed E-state index contributed by atoms with van der Waals surface area (Å²) in [6.45, 7) is 6.09. The fourth-order valence-electron chi connectivity index (χ4n) is 1.59. The second-order valence-corrected chi connectivity index (χ2v) is 8.19. The SMILES string of the molecule is CC(C)(C)S(=O)(=O)CCN1CC(O)C(O)C1. The molecule has 0 saturated carbocycles. The third kappa shape index (κ3) is 3.16. The van der Waals surface area contributed by atoms with Crippen LogP contribution in [0.1, 0.15) is 20.8 Å². The summed E-state index contributed by atoms with van der Waals surface area (Å²) in [7, 11) is -3.13. The van der Waals surface area contributed by atoms with E-state index in [1.165, 1.54) is 0 Å². The number of sulfone groups is 1. The van der Waals surface area contributed by atoms with Gasteiger partial charge in [-0.15, -0.1) is 0 Å². The number of rotatable bonds is 3. The van der Waals surface area contributed by atoms with Crippen LogP contribution >= 0.6 is 0 Å². The van der Waals surface area contributed by atoms with Crippen molar-refractivity contribution in [1.29, 1.82) is 0 Å². The summed E-state index contributed by atoms with van der Waals surface area (Å²) in [6.07, 6.45) is -1.50. The van der Waals surface area contributed by atoms with Gasteiger partial charge >= 0.3 is 0 Å². The minimum Gasteiger partial charge on any atom is -0.389 e. The van der Waals surface area contributed by atoms with Crippen molar-refractivity contribution in [2.45, 2.75) is 37.7 Å². The third-order valence-corrected chi connectivity index (χ3v) is 5.53. The largest absolute Gasteiger partial charge is 0.389 e. The van der Waals surface area contributed by atoms with E-state index in [-0.39, 0.29) is 5.75 Å². The highest BCUT2D eigenvalue weighted by atomic mass is 32.2. The molecule has 0 aliphatic carbocycles. The monoisotopic (exact) mass is 251 g/mol. The number of hydrogen-bond acceptors (Lipinski definition) is 5. The first kappa shape index (κ1) is 13.9. The Morgan fingerprint density at radius 2 is 1.62 bits per heavy atom. The van der Waals surface area contributed by atoms with E-state index in [0.717, 1.165) is 0 Å². The average molecular weight is 251 g/mol. The van der Waals surface area contributed by atoms with Crippen LogP contribution in [0, 0.1) is 0 Å². The molecule has 1 rings (SSSR count). The van der Waals surface area contributed by atoms with Gasteiger partial charge in [-0.2, -0.15) is 0 Å². The molecule has 0 bridgehead atoms. The summed E-state index contributed by atoms with van der Waals surface area (Å²) < 4.78 is 22.9. The van der Waals surface area contributed by atoms with Crippen LogP contribution in [-0.4, -0.2) is 65.9 Å². The van der Waals surface area contributed by atoms with E-state index in [0.29, 0.717) is 19.6 Å². The van der Waals surface area contributed by atoms with Crippen LogP contribution in [0.2, 0.25) is 0 Å². The lowest BCUT2D eigenvalue weighted by Gasteiger charge is -2.21. The van der Waals surface area contributed by atoms with Gasteiger partial charge in [-0.05, 0) is 20.8 Å². The normalized spacial score (nSPS) is 28.6. The molecule has 1 aliphatic heterocycles. The predicted octanol–water partition coefficient (Wildman–Crippen LogP) is -0.763. The van der Waals surface area contributed by atoms with Crippen molar-refractivity contribution in [3.8, 4) is 0 Å². The molecular formula is C10H21NO4S. The number of nitrogens with zero attached hydrogens (tertiary/aromatic N) is 1. The van der Waals surface area contributed by atoms with Crippen molar-refractivity contribution in [2.24, 2.45) is 0 Å². The van der Waals surface area contributed by atoms with Crippen LogP contribution in [0.3, 0.4) is 0 Å². The van der Waals surface area contributed by atoms with Crippen LogP contribution in [0.15, 0.2) is 0 Å². The Kier molecular flexibility index (Phi) is 3.99. The minimum atomic E-state index is -3.13. The molecule has 0 spiro atoms. The molecule has 0 aromatic heterocycles. The summed E-state index contributed by atoms with van der Waals surface area (Å²) in [4.78, 5) is 1.78. The Labute approximate surface area is 97.0 Å². The van der Waals surface area contributed by atoms with Gasteiger partial charge in [0.1, 0.15) is 0 Å². The van der Waals surface area contributed by atoms with Gasteiger partial charge in [0.15, 0.2) is 9.84 Å². The summed E-state index contributed by atoms with van der Waals surface area (Å²) in [5.74, 6) is 0.0654. The molecule has 1 aliphatic rings. The van der Waals surface area contributed by atoms with Gasteiger partial charge in [0.25, 0.3) is 0 Å². The molecule has 1 heterocycles. The Balaban J connectivity index is 2.48. The lowest BCUT2D eigenvalue weighted by atomic mass is 10.3. The van der Waals surface area contributed by atoms with Crippen molar-refractivity contribution in [2.75, 3.05) is 25.4 Å². The zero-order chi connectivity index (χ0) is 12.6. The summed E-state index contributed by atoms with van der Waals surface area (Å²) in [6, 6.07) is 0. The van der Waals surface area contributed by atoms with Crippen LogP contribution in [-0.2, 0) is 9.84 Å². The van der Waals surface area contributed by atoms with Crippen LogP contribution in [0.25, 0.3) is 0 Å². The van der Waals surface area contributed by atoms with E-state index in [9.17, 15) is 18.6 Å². The van der Waals surface area contributed by atoms with Gasteiger partial charge in [0.2, 0.25) is 0 Å². The zero-order valence-electron chi connectivity index (χ0n) is 10.0. The first-order valence-electron chi connectivity index (χ1n) is 5.44. The molecular weight excluding hydrogens is 230 g/mol. The maximum atomic E-state index is 11.8. The first-order valence-corrected chi connectivity index (χ1v) is 7.09. The van der Waals surface area contributed by atoms with E-state index < -0.39 is 26.8 Å². The van der Waals surface area contributed by atoms with Gasteiger partial charge in [-0.1, -0.05) is 0 Å². The Morgan fingerprint density at radius 1 is 1.19 bits per heavy atom. The number of aliphatic hydroxyl groups is 2. The zero-order valence-corrected chi connectivity index (χ0v) is 10.9. The topological polar surface area (TPSA) is 77.8 Å². The molecule has 1 saturated heterocycles. The average Bonchev–Trinajstić information content (AvgIpc) is 2.41. The van der Waals surface area contributed by atoms with Gasteiger partial charge < -0.3 is 10.2 Å². The van der Waals surface area contributed by atoms with E-state index >= 15 is 0 Å². The van der Waals surface area contributed by atoms with Crippen LogP contribution in [0.5, 0.6) is 0 Å². The maximum Gasteiger partial charge on any atom is 0.156 e. The minimum absolute atomic E-state index is 0.0654. The van der Waals surface area contributed by atoms with Gasteiger partial charge in [0.05, 0.1) is 22.7 Å². The lowest BCUT2D eigenvalue weighted by molar-refractivity contribution is 0.0572. The molecule has 6 heteroatoms. The van der Waals surface area contributed by atoms with Crippen molar-refractivity contribution in [1.82, 2.24) is 4.90 Å². The molecule has 2 atom stereocenters. The first-order chi connectivity index (χ1) is 7.13. The fraction of sp³-hybridized carbons (Fsp3) is 1.00. The van der Waals surface area contributed by atoms with E-state index in [1.54, 1.807) is 25.7 Å². The highest BCUT2D eigenvalue weighted by molar-refractivity contribution is 7.92. The van der Waals surface area contributed by atoms with Gasteiger partial charge in [-0.25, -0.2) is 8.42 Å².